The van der Waals surface area contributed by atoms with Crippen LogP contribution in [0.25, 0.3) is 33.5 Å². The Morgan fingerprint density at radius 3 is 2.45 bits per heavy atom. The number of benzene rings is 4. The average Bonchev–Trinajstić information content (AvgIpc) is 3.41. The number of aromatic nitrogens is 2. The molecule has 40 heavy (non-hydrogen) atoms. The Kier molecular flexibility index (Phi) is 6.99. The van der Waals surface area contributed by atoms with Gasteiger partial charge in [-0.25, -0.2) is 4.98 Å². The molecule has 0 aliphatic carbocycles. The number of methoxy groups -OCH3 is 1. The lowest BCUT2D eigenvalue weighted by Crippen LogP contribution is -2.20. The van der Waals surface area contributed by atoms with Crippen LogP contribution in [-0.4, -0.2) is 23.0 Å². The Morgan fingerprint density at radius 1 is 0.925 bits per heavy atom. The second kappa shape index (κ2) is 10.9. The Labute approximate surface area is 238 Å². The van der Waals surface area contributed by atoms with Crippen molar-refractivity contribution in [1.82, 2.24) is 9.66 Å². The molecule has 0 N–H and O–H groups in total. The van der Waals surface area contributed by atoms with Gasteiger partial charge in [0.05, 0.1) is 39.7 Å². The van der Waals surface area contributed by atoms with Crippen molar-refractivity contribution in [2.75, 3.05) is 7.11 Å². The standard InChI is InChI=1S/C31H21Cl2N3O4/c1-38-26-12-7-13-27-22(26)16-28(40-27)30-35-25-11-6-5-10-21(25)31(37)36(30)34-17-20-14-23(32)29(24(33)15-20)39-18-19-8-3-2-4-9-19/h2-17H,18H2,1H3. The van der Waals surface area contributed by atoms with Crippen molar-refractivity contribution >= 4 is 51.3 Å². The van der Waals surface area contributed by atoms with E-state index in [4.69, 9.17) is 42.1 Å². The zero-order chi connectivity index (χ0) is 27.6. The van der Waals surface area contributed by atoms with Crippen molar-refractivity contribution in [2.45, 2.75) is 6.61 Å². The largest absolute Gasteiger partial charge is 0.496 e. The highest BCUT2D eigenvalue weighted by Crippen LogP contribution is 2.35. The fraction of sp³-hybridized carbons (Fsp3) is 0.0645. The Balaban J connectivity index is 1.40. The average molecular weight is 570 g/mol. The van der Waals surface area contributed by atoms with Crippen LogP contribution in [0.3, 0.4) is 0 Å². The predicted octanol–water partition coefficient (Wildman–Crippen LogP) is 7.59. The summed E-state index contributed by atoms with van der Waals surface area (Å²) >= 11 is 13.0. The maximum Gasteiger partial charge on any atom is 0.282 e. The van der Waals surface area contributed by atoms with E-state index in [0.717, 1.165) is 10.9 Å². The molecule has 0 saturated heterocycles. The van der Waals surface area contributed by atoms with E-state index >= 15 is 0 Å². The van der Waals surface area contributed by atoms with Crippen LogP contribution in [0.5, 0.6) is 11.5 Å². The summed E-state index contributed by atoms with van der Waals surface area (Å²) in [6.07, 6.45) is 1.49. The van der Waals surface area contributed by atoms with Crippen LogP contribution in [0.1, 0.15) is 11.1 Å². The van der Waals surface area contributed by atoms with Gasteiger partial charge in [-0.3, -0.25) is 4.79 Å². The van der Waals surface area contributed by atoms with Crippen LogP contribution in [0.4, 0.5) is 0 Å². The zero-order valence-corrected chi connectivity index (χ0v) is 22.7. The van der Waals surface area contributed by atoms with Gasteiger partial charge in [-0.15, -0.1) is 0 Å². The van der Waals surface area contributed by atoms with Crippen LogP contribution < -0.4 is 15.0 Å². The first-order chi connectivity index (χ1) is 19.5. The number of furan rings is 1. The fourth-order valence-corrected chi connectivity index (χ4v) is 4.97. The van der Waals surface area contributed by atoms with Crippen LogP contribution in [0.15, 0.2) is 105 Å². The predicted molar refractivity (Wildman–Crippen MR) is 158 cm³/mol. The number of halogens is 2. The van der Waals surface area contributed by atoms with E-state index in [1.807, 2.05) is 54.6 Å². The molecule has 198 valence electrons. The number of ether oxygens (including phenoxy) is 2. The molecule has 6 aromatic rings. The van der Waals surface area contributed by atoms with Gasteiger partial charge in [0.15, 0.2) is 11.5 Å². The molecular formula is C31H21Cl2N3O4. The van der Waals surface area contributed by atoms with E-state index in [0.29, 0.717) is 56.0 Å². The first-order valence-electron chi connectivity index (χ1n) is 12.3. The van der Waals surface area contributed by atoms with Crippen molar-refractivity contribution in [1.29, 1.82) is 0 Å². The minimum absolute atomic E-state index is 0.234. The van der Waals surface area contributed by atoms with E-state index in [9.17, 15) is 4.79 Å². The maximum atomic E-state index is 13.6. The molecule has 0 atom stereocenters. The van der Waals surface area contributed by atoms with Crippen molar-refractivity contribution in [3.8, 4) is 23.1 Å². The van der Waals surface area contributed by atoms with E-state index in [1.165, 1.54) is 10.9 Å². The molecular weight excluding hydrogens is 549 g/mol. The third-order valence-corrected chi connectivity index (χ3v) is 6.85. The topological polar surface area (TPSA) is 78.9 Å². The number of para-hydroxylation sites is 1. The molecule has 2 aromatic heterocycles. The second-order valence-electron chi connectivity index (χ2n) is 8.88. The molecule has 0 saturated carbocycles. The molecule has 6 rings (SSSR count). The third kappa shape index (κ3) is 4.93. The maximum absolute atomic E-state index is 13.6. The van der Waals surface area contributed by atoms with Gasteiger partial charge < -0.3 is 13.9 Å². The summed E-state index contributed by atoms with van der Waals surface area (Å²) in [4.78, 5) is 18.3. The first kappa shape index (κ1) is 25.7. The number of nitrogens with zero attached hydrogens (tertiary/aromatic N) is 3. The van der Waals surface area contributed by atoms with E-state index < -0.39 is 0 Å². The minimum atomic E-state index is -0.357. The highest BCUT2D eigenvalue weighted by Gasteiger charge is 2.18. The van der Waals surface area contributed by atoms with Gasteiger partial charge in [0.1, 0.15) is 17.9 Å². The normalized spacial score (nSPS) is 11.5. The van der Waals surface area contributed by atoms with Gasteiger partial charge in [-0.2, -0.15) is 9.78 Å². The van der Waals surface area contributed by atoms with Crippen LogP contribution in [-0.2, 0) is 6.61 Å². The lowest BCUT2D eigenvalue weighted by molar-refractivity contribution is 0.306. The number of hydrogen-bond acceptors (Lipinski definition) is 6. The summed E-state index contributed by atoms with van der Waals surface area (Å²) < 4.78 is 18.6. The molecule has 2 heterocycles. The Hall–Kier alpha value is -4.59. The molecule has 0 aliphatic heterocycles. The van der Waals surface area contributed by atoms with Crippen LogP contribution in [0.2, 0.25) is 10.0 Å². The number of hydrogen-bond donors (Lipinski definition) is 0. The smallest absolute Gasteiger partial charge is 0.282 e. The van der Waals surface area contributed by atoms with Gasteiger partial charge in [0.2, 0.25) is 5.82 Å². The molecule has 0 bridgehead atoms. The van der Waals surface area contributed by atoms with Crippen LogP contribution >= 0.6 is 23.2 Å². The lowest BCUT2D eigenvalue weighted by Gasteiger charge is -2.11. The summed E-state index contributed by atoms with van der Waals surface area (Å²) in [6, 6.07) is 27.4. The summed E-state index contributed by atoms with van der Waals surface area (Å²) in [5, 5.41) is 6.29. The second-order valence-corrected chi connectivity index (χ2v) is 9.70. The van der Waals surface area contributed by atoms with E-state index in [-0.39, 0.29) is 11.4 Å². The van der Waals surface area contributed by atoms with Crippen molar-refractivity contribution in [3.63, 3.8) is 0 Å². The van der Waals surface area contributed by atoms with Gasteiger partial charge >= 0.3 is 0 Å². The lowest BCUT2D eigenvalue weighted by atomic mass is 10.2. The molecule has 0 amide bonds. The first-order valence-corrected chi connectivity index (χ1v) is 13.1. The van der Waals surface area contributed by atoms with Gasteiger partial charge in [-0.1, -0.05) is 71.7 Å². The molecule has 0 spiro atoms. The van der Waals surface area contributed by atoms with Crippen molar-refractivity contribution in [2.24, 2.45) is 5.10 Å². The van der Waals surface area contributed by atoms with Gasteiger partial charge in [0, 0.05) is 0 Å². The summed E-state index contributed by atoms with van der Waals surface area (Å²) in [7, 11) is 1.59. The minimum Gasteiger partial charge on any atom is -0.496 e. The molecule has 0 unspecified atom stereocenters. The summed E-state index contributed by atoms with van der Waals surface area (Å²) in [6.45, 7) is 0.317. The Bertz CT molecular complexity index is 1930. The molecule has 0 fully saturated rings. The number of rotatable bonds is 7. The van der Waals surface area contributed by atoms with Crippen molar-refractivity contribution in [3.05, 3.63) is 123 Å². The van der Waals surface area contributed by atoms with Crippen LogP contribution in [0, 0.1) is 0 Å². The zero-order valence-electron chi connectivity index (χ0n) is 21.2. The van der Waals surface area contributed by atoms with Gasteiger partial charge in [-0.05, 0) is 53.6 Å². The number of fused-ring (bicyclic) bond motifs is 2. The molecule has 9 heteroatoms. The molecule has 4 aromatic carbocycles. The molecule has 7 nitrogen and oxygen atoms in total. The highest BCUT2D eigenvalue weighted by atomic mass is 35.5. The van der Waals surface area contributed by atoms with Crippen molar-refractivity contribution < 1.29 is 13.9 Å². The Morgan fingerprint density at radius 2 is 1.68 bits per heavy atom. The van der Waals surface area contributed by atoms with E-state index in [2.05, 4.69) is 5.10 Å². The quantitative estimate of drug-likeness (QED) is 0.185. The van der Waals surface area contributed by atoms with Gasteiger partial charge in [0.25, 0.3) is 5.56 Å². The fourth-order valence-electron chi connectivity index (χ4n) is 4.36. The summed E-state index contributed by atoms with van der Waals surface area (Å²) in [5.74, 6) is 1.61. The van der Waals surface area contributed by atoms with E-state index in [1.54, 1.807) is 43.5 Å². The summed E-state index contributed by atoms with van der Waals surface area (Å²) in [5.41, 5.74) is 2.31. The monoisotopic (exact) mass is 569 g/mol. The SMILES string of the molecule is COc1cccc2oc(-c3nc4ccccc4c(=O)n3N=Cc3cc(Cl)c(OCc4ccccc4)c(Cl)c3)cc12. The highest BCUT2D eigenvalue weighted by molar-refractivity contribution is 6.37. The molecule has 0 aliphatic rings. The molecule has 0 radical (unpaired) electrons. The third-order valence-electron chi connectivity index (χ3n) is 6.28.